The number of aryl methyl sites for hydroxylation is 1. The highest BCUT2D eigenvalue weighted by molar-refractivity contribution is 6.42. The predicted octanol–water partition coefficient (Wildman–Crippen LogP) is 6.44. The first-order valence-corrected chi connectivity index (χ1v) is 10.4. The number of halogens is 2. The third-order valence-electron chi connectivity index (χ3n) is 4.66. The van der Waals surface area contributed by atoms with Crippen LogP contribution in [0.25, 0.3) is 6.08 Å². The van der Waals surface area contributed by atoms with Crippen molar-refractivity contribution in [2.75, 3.05) is 12.4 Å². The van der Waals surface area contributed by atoms with Crippen LogP contribution in [0.2, 0.25) is 10.0 Å². The number of para-hydroxylation sites is 1. The molecule has 0 aliphatic rings. The number of ether oxygens (including phenoxy) is 2. The molecule has 3 aromatic carbocycles. The van der Waals surface area contributed by atoms with Gasteiger partial charge in [-0.3, -0.25) is 4.79 Å². The average Bonchev–Trinajstić information content (AvgIpc) is 2.80. The Kier molecular flexibility index (Phi) is 7.77. The molecule has 3 aromatic rings. The van der Waals surface area contributed by atoms with Crippen molar-refractivity contribution in [3.8, 4) is 17.6 Å². The summed E-state index contributed by atoms with van der Waals surface area (Å²) in [6.07, 6.45) is 1.48. The summed E-state index contributed by atoms with van der Waals surface area (Å²) < 4.78 is 11.2. The molecule has 0 aliphatic carbocycles. The van der Waals surface area contributed by atoms with E-state index in [9.17, 15) is 10.1 Å². The fraction of sp³-hybridized carbons (Fsp3) is 0.120. The number of carbonyl (C=O) groups is 1. The lowest BCUT2D eigenvalue weighted by Gasteiger charge is -2.12. The molecule has 7 heteroatoms. The van der Waals surface area contributed by atoms with Gasteiger partial charge in [-0.2, -0.15) is 5.26 Å². The van der Waals surface area contributed by atoms with Crippen molar-refractivity contribution in [1.82, 2.24) is 0 Å². The molecule has 0 unspecified atom stereocenters. The second-order valence-electron chi connectivity index (χ2n) is 6.88. The van der Waals surface area contributed by atoms with Crippen LogP contribution in [0.1, 0.15) is 16.7 Å². The summed E-state index contributed by atoms with van der Waals surface area (Å²) in [6.45, 7) is 2.09. The lowest BCUT2D eigenvalue weighted by molar-refractivity contribution is -0.112. The van der Waals surface area contributed by atoms with Crippen molar-refractivity contribution < 1.29 is 14.3 Å². The van der Waals surface area contributed by atoms with Gasteiger partial charge in [-0.1, -0.05) is 47.5 Å². The highest BCUT2D eigenvalue weighted by Gasteiger charge is 2.13. The fourth-order valence-electron chi connectivity index (χ4n) is 2.88. The summed E-state index contributed by atoms with van der Waals surface area (Å²) in [4.78, 5) is 12.7. The fourth-order valence-corrected chi connectivity index (χ4v) is 3.20. The Morgan fingerprint density at radius 1 is 1.09 bits per heavy atom. The largest absolute Gasteiger partial charge is 0.497 e. The smallest absolute Gasteiger partial charge is 0.266 e. The molecule has 0 bridgehead atoms. The Labute approximate surface area is 196 Å². The van der Waals surface area contributed by atoms with Crippen molar-refractivity contribution in [3.63, 3.8) is 0 Å². The van der Waals surface area contributed by atoms with Crippen LogP contribution in [0, 0.1) is 18.3 Å². The first kappa shape index (κ1) is 23.2. The molecule has 0 spiro atoms. The Morgan fingerprint density at radius 3 is 2.56 bits per heavy atom. The van der Waals surface area contributed by atoms with Gasteiger partial charge < -0.3 is 14.8 Å². The Balaban J connectivity index is 1.87. The number of rotatable bonds is 7. The number of nitriles is 1. The maximum atomic E-state index is 12.7. The van der Waals surface area contributed by atoms with E-state index in [4.69, 9.17) is 32.7 Å². The lowest BCUT2D eigenvalue weighted by Crippen LogP contribution is -2.14. The third kappa shape index (κ3) is 5.82. The van der Waals surface area contributed by atoms with Crippen LogP contribution in [0.5, 0.6) is 11.5 Å². The normalized spacial score (nSPS) is 10.9. The first-order chi connectivity index (χ1) is 15.4. The van der Waals surface area contributed by atoms with Gasteiger partial charge in [0, 0.05) is 17.3 Å². The molecule has 0 aromatic heterocycles. The predicted molar refractivity (Wildman–Crippen MR) is 127 cm³/mol. The highest BCUT2D eigenvalue weighted by atomic mass is 35.5. The minimum absolute atomic E-state index is 0.0576. The maximum absolute atomic E-state index is 12.7. The van der Waals surface area contributed by atoms with Crippen LogP contribution in [0.3, 0.4) is 0 Å². The van der Waals surface area contributed by atoms with Crippen LogP contribution in [-0.4, -0.2) is 13.0 Å². The molecule has 0 heterocycles. The zero-order valence-corrected chi connectivity index (χ0v) is 19.0. The molecule has 162 valence electrons. The Bertz CT molecular complexity index is 1220. The quantitative estimate of drug-likeness (QED) is 0.321. The molecule has 3 rings (SSSR count). The number of benzene rings is 3. The average molecular weight is 467 g/mol. The van der Waals surface area contributed by atoms with E-state index in [0.717, 1.165) is 11.1 Å². The van der Waals surface area contributed by atoms with E-state index in [0.29, 0.717) is 32.8 Å². The molecular weight excluding hydrogens is 447 g/mol. The molecule has 1 amide bonds. The van der Waals surface area contributed by atoms with Gasteiger partial charge in [0.15, 0.2) is 0 Å². The number of hydrogen-bond donors (Lipinski definition) is 1. The molecule has 0 fully saturated rings. The molecule has 0 saturated carbocycles. The number of amides is 1. The number of methoxy groups -OCH3 is 1. The minimum atomic E-state index is -0.506. The van der Waals surface area contributed by atoms with Gasteiger partial charge in [-0.05, 0) is 54.5 Å². The molecule has 1 N–H and O–H groups in total. The molecule has 0 atom stereocenters. The summed E-state index contributed by atoms with van der Waals surface area (Å²) >= 11 is 12.0. The van der Waals surface area contributed by atoms with Crippen molar-refractivity contribution in [2.45, 2.75) is 13.5 Å². The maximum Gasteiger partial charge on any atom is 0.266 e. The van der Waals surface area contributed by atoms with Gasteiger partial charge in [-0.15, -0.1) is 0 Å². The van der Waals surface area contributed by atoms with Gasteiger partial charge in [0.25, 0.3) is 5.91 Å². The third-order valence-corrected chi connectivity index (χ3v) is 5.40. The van der Waals surface area contributed by atoms with E-state index in [-0.39, 0.29) is 12.2 Å². The second kappa shape index (κ2) is 10.7. The minimum Gasteiger partial charge on any atom is -0.497 e. The summed E-state index contributed by atoms with van der Waals surface area (Å²) in [5, 5.41) is 13.2. The van der Waals surface area contributed by atoms with Crippen molar-refractivity contribution in [3.05, 3.63) is 93.0 Å². The van der Waals surface area contributed by atoms with E-state index in [1.807, 2.05) is 31.2 Å². The van der Waals surface area contributed by atoms with Crippen molar-refractivity contribution in [1.29, 1.82) is 5.26 Å². The van der Waals surface area contributed by atoms with E-state index in [2.05, 4.69) is 5.32 Å². The van der Waals surface area contributed by atoms with E-state index >= 15 is 0 Å². The summed E-state index contributed by atoms with van der Waals surface area (Å²) in [7, 11) is 1.55. The summed E-state index contributed by atoms with van der Waals surface area (Å²) in [5.41, 5.74) is 2.85. The van der Waals surface area contributed by atoms with E-state index < -0.39 is 5.91 Å². The molecule has 0 saturated heterocycles. The van der Waals surface area contributed by atoms with Crippen molar-refractivity contribution in [2.24, 2.45) is 0 Å². The van der Waals surface area contributed by atoms with Gasteiger partial charge >= 0.3 is 0 Å². The number of carbonyl (C=O) groups excluding carboxylic acids is 1. The molecule has 5 nitrogen and oxygen atoms in total. The van der Waals surface area contributed by atoms with E-state index in [1.54, 1.807) is 49.6 Å². The van der Waals surface area contributed by atoms with E-state index in [1.165, 1.54) is 6.08 Å². The molecule has 0 radical (unpaired) electrons. The summed E-state index contributed by atoms with van der Waals surface area (Å²) in [5.74, 6) is 0.522. The first-order valence-electron chi connectivity index (χ1n) is 9.65. The van der Waals surface area contributed by atoms with Gasteiger partial charge in [0.1, 0.15) is 29.7 Å². The van der Waals surface area contributed by atoms with Crippen LogP contribution in [0.4, 0.5) is 5.69 Å². The van der Waals surface area contributed by atoms with Crippen LogP contribution < -0.4 is 14.8 Å². The molecule has 32 heavy (non-hydrogen) atoms. The number of nitrogens with one attached hydrogen (secondary N) is 1. The summed E-state index contributed by atoms with van der Waals surface area (Å²) in [6, 6.07) is 19.7. The monoisotopic (exact) mass is 466 g/mol. The molecular formula is C25H20Cl2N2O3. The molecule has 0 aliphatic heterocycles. The second-order valence-corrected chi connectivity index (χ2v) is 7.69. The SMILES string of the molecule is COc1ccc(/C=C(\C#N)C(=O)Nc2ccccc2C)c(OCc2ccc(Cl)c(Cl)c2)c1. The standard InChI is InChI=1S/C25H20Cl2N2O3/c1-16-5-3-4-6-23(16)29-25(30)19(14-28)12-18-8-9-20(31-2)13-24(18)32-15-17-7-10-21(26)22(27)11-17/h3-13H,15H2,1-2H3,(H,29,30)/b19-12+. The number of hydrogen-bond acceptors (Lipinski definition) is 4. The number of anilines is 1. The van der Waals surface area contributed by atoms with Gasteiger partial charge in [0.05, 0.1) is 17.2 Å². The highest BCUT2D eigenvalue weighted by Crippen LogP contribution is 2.29. The van der Waals surface area contributed by atoms with Gasteiger partial charge in [0.2, 0.25) is 0 Å². The Morgan fingerprint density at radius 2 is 1.88 bits per heavy atom. The van der Waals surface area contributed by atoms with Crippen molar-refractivity contribution >= 4 is 40.9 Å². The lowest BCUT2D eigenvalue weighted by atomic mass is 10.1. The Hall–Kier alpha value is -3.46. The van der Waals surface area contributed by atoms with Crippen LogP contribution in [0.15, 0.2) is 66.2 Å². The van der Waals surface area contributed by atoms with Crippen LogP contribution in [-0.2, 0) is 11.4 Å². The number of nitrogens with zero attached hydrogens (tertiary/aromatic N) is 1. The van der Waals surface area contributed by atoms with Gasteiger partial charge in [-0.25, -0.2) is 0 Å². The topological polar surface area (TPSA) is 71.3 Å². The van der Waals surface area contributed by atoms with Crippen LogP contribution >= 0.6 is 23.2 Å². The zero-order chi connectivity index (χ0) is 23.1. The zero-order valence-electron chi connectivity index (χ0n) is 17.5.